The Hall–Kier alpha value is -2.97. The average Bonchev–Trinajstić information content (AvgIpc) is 2.50. The van der Waals surface area contributed by atoms with Gasteiger partial charge in [0.2, 0.25) is 5.88 Å². The summed E-state index contributed by atoms with van der Waals surface area (Å²) >= 11 is 0. The van der Waals surface area contributed by atoms with Gasteiger partial charge in [-0.05, 0) is 6.07 Å². The summed E-state index contributed by atoms with van der Waals surface area (Å²) in [5, 5.41) is 6.40. The molecule has 2 rings (SSSR count). The molecule has 0 aliphatic heterocycles. The SMILES string of the molecule is COc1ncc(NC(=O)c2ccc(=O)n(C)n2)c(OC)n1. The number of aromatic nitrogens is 4. The van der Waals surface area contributed by atoms with Crippen LogP contribution < -0.4 is 20.3 Å². The molecule has 9 nitrogen and oxygen atoms in total. The van der Waals surface area contributed by atoms with Crippen molar-refractivity contribution in [3.8, 4) is 11.9 Å². The molecular formula is C12H13N5O4. The standard InChI is InChI=1S/C12H13N5O4/c1-17-9(18)5-4-7(16-17)10(19)14-8-6-13-12(21-3)15-11(8)20-2/h4-6H,1-3H3,(H,14,19). The zero-order valence-electron chi connectivity index (χ0n) is 11.7. The number of nitrogens with one attached hydrogen (secondary N) is 1. The van der Waals surface area contributed by atoms with Crippen molar-refractivity contribution in [1.29, 1.82) is 0 Å². The van der Waals surface area contributed by atoms with Crippen LogP contribution in [0.25, 0.3) is 0 Å². The maximum absolute atomic E-state index is 12.1. The zero-order valence-corrected chi connectivity index (χ0v) is 11.7. The van der Waals surface area contributed by atoms with Gasteiger partial charge < -0.3 is 14.8 Å². The number of anilines is 1. The summed E-state index contributed by atoms with van der Waals surface area (Å²) in [6, 6.07) is 2.70. The summed E-state index contributed by atoms with van der Waals surface area (Å²) in [6.45, 7) is 0. The first-order valence-corrected chi connectivity index (χ1v) is 5.86. The molecule has 0 saturated heterocycles. The van der Waals surface area contributed by atoms with Crippen molar-refractivity contribution in [3.05, 3.63) is 34.4 Å². The monoisotopic (exact) mass is 291 g/mol. The van der Waals surface area contributed by atoms with E-state index in [1.165, 1.54) is 39.6 Å². The van der Waals surface area contributed by atoms with Crippen LogP contribution in [0, 0.1) is 0 Å². The second kappa shape index (κ2) is 5.99. The second-order valence-electron chi connectivity index (χ2n) is 3.91. The Morgan fingerprint density at radius 2 is 2.05 bits per heavy atom. The average molecular weight is 291 g/mol. The first kappa shape index (κ1) is 14.4. The van der Waals surface area contributed by atoms with Crippen molar-refractivity contribution >= 4 is 11.6 Å². The Labute approximate surface area is 119 Å². The Morgan fingerprint density at radius 1 is 1.29 bits per heavy atom. The summed E-state index contributed by atoms with van der Waals surface area (Å²) in [5.74, 6) is -0.363. The van der Waals surface area contributed by atoms with E-state index < -0.39 is 5.91 Å². The van der Waals surface area contributed by atoms with Crippen LogP contribution in [0.5, 0.6) is 11.9 Å². The first-order chi connectivity index (χ1) is 10.0. The van der Waals surface area contributed by atoms with E-state index in [-0.39, 0.29) is 28.8 Å². The molecule has 0 aromatic carbocycles. The molecule has 1 N–H and O–H groups in total. The minimum Gasteiger partial charge on any atom is -0.479 e. The molecule has 0 atom stereocenters. The number of carbonyl (C=O) groups is 1. The van der Waals surface area contributed by atoms with Crippen LogP contribution in [0.2, 0.25) is 0 Å². The molecule has 0 spiro atoms. The molecule has 0 unspecified atom stereocenters. The highest BCUT2D eigenvalue weighted by Crippen LogP contribution is 2.22. The summed E-state index contributed by atoms with van der Waals surface area (Å²) in [6.07, 6.45) is 1.35. The summed E-state index contributed by atoms with van der Waals surface area (Å²) < 4.78 is 11.0. The second-order valence-corrected chi connectivity index (χ2v) is 3.91. The molecule has 0 aliphatic carbocycles. The van der Waals surface area contributed by atoms with Crippen molar-refractivity contribution in [2.45, 2.75) is 0 Å². The molecule has 0 saturated carbocycles. The Kier molecular flexibility index (Phi) is 4.12. The van der Waals surface area contributed by atoms with Crippen LogP contribution in [0.1, 0.15) is 10.5 Å². The summed E-state index contributed by atoms with van der Waals surface area (Å²) in [7, 11) is 4.28. The lowest BCUT2D eigenvalue weighted by atomic mass is 10.3. The Bertz CT molecular complexity index is 728. The van der Waals surface area contributed by atoms with E-state index >= 15 is 0 Å². The molecule has 2 heterocycles. The smallest absolute Gasteiger partial charge is 0.319 e. The normalized spacial score (nSPS) is 10.0. The number of aryl methyl sites for hydroxylation is 1. The number of ether oxygens (including phenoxy) is 2. The van der Waals surface area contributed by atoms with Crippen molar-refractivity contribution < 1.29 is 14.3 Å². The predicted octanol–water partition coefficient (Wildman–Crippen LogP) is -0.160. The third kappa shape index (κ3) is 3.14. The summed E-state index contributed by atoms with van der Waals surface area (Å²) in [5.41, 5.74) is 0.0332. The molecule has 110 valence electrons. The lowest BCUT2D eigenvalue weighted by Gasteiger charge is -2.09. The first-order valence-electron chi connectivity index (χ1n) is 5.86. The third-order valence-corrected chi connectivity index (χ3v) is 2.55. The van der Waals surface area contributed by atoms with Gasteiger partial charge in [-0.25, -0.2) is 9.67 Å². The van der Waals surface area contributed by atoms with Gasteiger partial charge >= 0.3 is 6.01 Å². The molecule has 1 amide bonds. The van der Waals surface area contributed by atoms with Gasteiger partial charge in [-0.15, -0.1) is 0 Å². The van der Waals surface area contributed by atoms with Crippen molar-refractivity contribution in [2.24, 2.45) is 7.05 Å². The highest BCUT2D eigenvalue weighted by Gasteiger charge is 2.14. The van der Waals surface area contributed by atoms with Gasteiger partial charge in [0.05, 0.1) is 20.4 Å². The third-order valence-electron chi connectivity index (χ3n) is 2.55. The van der Waals surface area contributed by atoms with Crippen LogP contribution in [-0.2, 0) is 7.05 Å². The molecule has 0 aliphatic rings. The quantitative estimate of drug-likeness (QED) is 0.833. The van der Waals surface area contributed by atoms with Crippen LogP contribution in [0.4, 0.5) is 5.69 Å². The Morgan fingerprint density at radius 3 is 2.67 bits per heavy atom. The van der Waals surface area contributed by atoms with Gasteiger partial charge in [-0.2, -0.15) is 10.1 Å². The number of nitrogens with zero attached hydrogens (tertiary/aromatic N) is 4. The molecule has 0 fully saturated rings. The topological polar surface area (TPSA) is 108 Å². The molecule has 9 heteroatoms. The minimum absolute atomic E-state index is 0.0787. The van der Waals surface area contributed by atoms with E-state index in [2.05, 4.69) is 20.4 Å². The fourth-order valence-electron chi connectivity index (χ4n) is 1.50. The molecule has 21 heavy (non-hydrogen) atoms. The number of carbonyl (C=O) groups excluding carboxylic acids is 1. The molecule has 0 radical (unpaired) electrons. The molecule has 2 aromatic heterocycles. The van der Waals surface area contributed by atoms with E-state index in [0.29, 0.717) is 0 Å². The van der Waals surface area contributed by atoms with Gasteiger partial charge in [-0.3, -0.25) is 9.59 Å². The van der Waals surface area contributed by atoms with Gasteiger partial charge in [0.25, 0.3) is 11.5 Å². The van der Waals surface area contributed by atoms with Gasteiger partial charge in [0.1, 0.15) is 11.4 Å². The van der Waals surface area contributed by atoms with E-state index in [9.17, 15) is 9.59 Å². The fraction of sp³-hybridized carbons (Fsp3) is 0.250. The maximum Gasteiger partial charge on any atom is 0.319 e. The van der Waals surface area contributed by atoms with Crippen LogP contribution >= 0.6 is 0 Å². The van der Waals surface area contributed by atoms with E-state index in [4.69, 9.17) is 9.47 Å². The fourth-order valence-corrected chi connectivity index (χ4v) is 1.50. The largest absolute Gasteiger partial charge is 0.479 e. The van der Waals surface area contributed by atoms with Crippen LogP contribution in [0.3, 0.4) is 0 Å². The van der Waals surface area contributed by atoms with Gasteiger partial charge in [0.15, 0.2) is 0 Å². The predicted molar refractivity (Wildman–Crippen MR) is 72.6 cm³/mol. The molecular weight excluding hydrogens is 278 g/mol. The highest BCUT2D eigenvalue weighted by molar-refractivity contribution is 6.03. The number of hydrogen-bond acceptors (Lipinski definition) is 7. The summed E-state index contributed by atoms with van der Waals surface area (Å²) in [4.78, 5) is 31.1. The van der Waals surface area contributed by atoms with Crippen LogP contribution in [0.15, 0.2) is 23.1 Å². The number of methoxy groups -OCH3 is 2. The minimum atomic E-state index is -0.516. The van der Waals surface area contributed by atoms with Gasteiger partial charge in [0, 0.05) is 13.1 Å². The van der Waals surface area contributed by atoms with E-state index in [0.717, 1.165) is 4.68 Å². The lowest BCUT2D eigenvalue weighted by molar-refractivity contribution is 0.101. The zero-order chi connectivity index (χ0) is 15.4. The van der Waals surface area contributed by atoms with E-state index in [1.54, 1.807) is 0 Å². The lowest BCUT2D eigenvalue weighted by Crippen LogP contribution is -2.23. The van der Waals surface area contributed by atoms with Crippen molar-refractivity contribution in [2.75, 3.05) is 19.5 Å². The number of hydrogen-bond donors (Lipinski definition) is 1. The Balaban J connectivity index is 2.26. The number of amides is 1. The highest BCUT2D eigenvalue weighted by atomic mass is 16.5. The maximum atomic E-state index is 12.1. The van der Waals surface area contributed by atoms with Crippen molar-refractivity contribution in [1.82, 2.24) is 19.7 Å². The van der Waals surface area contributed by atoms with Crippen molar-refractivity contribution in [3.63, 3.8) is 0 Å². The van der Waals surface area contributed by atoms with E-state index in [1.807, 2.05) is 0 Å². The molecule has 2 aromatic rings. The molecule has 0 bridgehead atoms. The van der Waals surface area contributed by atoms with Gasteiger partial charge in [-0.1, -0.05) is 0 Å². The number of rotatable bonds is 4. The van der Waals surface area contributed by atoms with Crippen LogP contribution in [-0.4, -0.2) is 39.9 Å².